The largest absolute Gasteiger partial charge is 0.464 e. The van der Waals surface area contributed by atoms with Gasteiger partial charge in [0.2, 0.25) is 5.91 Å². The molecule has 0 spiro atoms. The van der Waals surface area contributed by atoms with Gasteiger partial charge < -0.3 is 14.4 Å². The molecule has 0 N–H and O–H groups in total. The number of hydrogen-bond donors (Lipinski definition) is 0. The molecule has 0 bridgehead atoms. The van der Waals surface area contributed by atoms with Gasteiger partial charge in [-0.05, 0) is 108 Å². The Balaban J connectivity index is 1.28. The summed E-state index contributed by atoms with van der Waals surface area (Å²) < 4.78 is 15.0. The van der Waals surface area contributed by atoms with Crippen molar-refractivity contribution in [2.45, 2.75) is 78.0 Å². The number of carbonyl (C=O) groups is 2. The van der Waals surface area contributed by atoms with Crippen LogP contribution < -0.4 is 0 Å². The molecule has 9 nitrogen and oxygen atoms in total. The quantitative estimate of drug-likeness (QED) is 0.149. The average molecular weight is 728 g/mol. The molecule has 2 aliphatic rings. The van der Waals surface area contributed by atoms with Crippen molar-refractivity contribution in [2.24, 2.45) is 7.05 Å². The first-order valence-electron chi connectivity index (χ1n) is 17.8. The molecule has 0 aliphatic carbocycles. The SMILES string of the molecule is CCOC(=O)[C@@H](OC(C)(C)C)c1c(C)cc2nc(-c3ccc4c(c3)c(C3CCN(C5CN(C(C)=O)C5)CC3)nn4C)sc2c1-c1ccc(Cl)cc1. The third-order valence-electron chi connectivity index (χ3n) is 10.2. The van der Waals surface area contributed by atoms with E-state index in [4.69, 9.17) is 31.2 Å². The van der Waals surface area contributed by atoms with Crippen LogP contribution in [-0.4, -0.2) is 80.9 Å². The Labute approximate surface area is 308 Å². The summed E-state index contributed by atoms with van der Waals surface area (Å²) in [6, 6.07) is 16.8. The molecular formula is C40H46ClN5O4S. The molecule has 268 valence electrons. The minimum absolute atomic E-state index is 0.164. The van der Waals surface area contributed by atoms with Crippen LogP contribution in [0.1, 0.15) is 76.3 Å². The standard InChI is InChI=1S/C40H46ClN5O4S/c1-8-49-39(48)36(50-40(4,5)6)33-23(2)19-31-37(34(33)25-9-12-28(41)13-10-25)51-38(42-31)27-11-14-32-30(20-27)35(43-44(32)7)26-15-17-45(18-16-26)29-21-46(22-29)24(3)47/h9-14,19-20,26,29,36H,8,15-18,21-22H2,1-7H3/t36-/m0/s1. The Morgan fingerprint density at radius 1 is 1.04 bits per heavy atom. The van der Waals surface area contributed by atoms with Gasteiger partial charge in [0.25, 0.3) is 0 Å². The lowest BCUT2D eigenvalue weighted by Crippen LogP contribution is -2.61. The normalized spacial score (nSPS) is 16.9. The number of esters is 1. The second kappa shape index (κ2) is 14.0. The van der Waals surface area contributed by atoms with Crippen LogP contribution in [0.2, 0.25) is 5.02 Å². The summed E-state index contributed by atoms with van der Waals surface area (Å²) in [7, 11) is 2.02. The first kappa shape index (κ1) is 35.6. The zero-order chi connectivity index (χ0) is 36.2. The van der Waals surface area contributed by atoms with Gasteiger partial charge in [-0.3, -0.25) is 14.4 Å². The van der Waals surface area contributed by atoms with Crippen molar-refractivity contribution in [3.63, 3.8) is 0 Å². The topological polar surface area (TPSA) is 89.8 Å². The third-order valence-corrected chi connectivity index (χ3v) is 11.6. The summed E-state index contributed by atoms with van der Waals surface area (Å²) in [5.74, 6) is 0.113. The fourth-order valence-corrected chi connectivity index (χ4v) is 8.83. The van der Waals surface area contributed by atoms with Gasteiger partial charge >= 0.3 is 5.97 Å². The van der Waals surface area contributed by atoms with Crippen molar-refractivity contribution in [1.82, 2.24) is 24.6 Å². The van der Waals surface area contributed by atoms with Crippen LogP contribution in [0.15, 0.2) is 48.5 Å². The molecule has 7 rings (SSSR count). The molecule has 11 heteroatoms. The molecule has 1 amide bonds. The molecular weight excluding hydrogens is 682 g/mol. The molecule has 51 heavy (non-hydrogen) atoms. The van der Waals surface area contributed by atoms with Crippen molar-refractivity contribution >= 4 is 55.9 Å². The number of piperidine rings is 1. The number of aromatic nitrogens is 3. The number of benzene rings is 3. The molecule has 0 radical (unpaired) electrons. The highest BCUT2D eigenvalue weighted by Crippen LogP contribution is 2.45. The maximum Gasteiger partial charge on any atom is 0.339 e. The first-order valence-corrected chi connectivity index (χ1v) is 19.0. The van der Waals surface area contributed by atoms with Gasteiger partial charge in [0.15, 0.2) is 6.10 Å². The zero-order valence-corrected chi connectivity index (χ0v) is 32.0. The summed E-state index contributed by atoms with van der Waals surface area (Å²) in [6.07, 6.45) is 1.15. The molecule has 0 unspecified atom stereocenters. The second-order valence-electron chi connectivity index (χ2n) is 14.8. The first-order chi connectivity index (χ1) is 24.3. The van der Waals surface area contributed by atoms with Gasteiger partial charge in [0.05, 0.1) is 33.6 Å². The molecule has 4 heterocycles. The van der Waals surface area contributed by atoms with Crippen LogP contribution in [0, 0.1) is 6.92 Å². The minimum atomic E-state index is -0.927. The van der Waals surface area contributed by atoms with Crippen molar-refractivity contribution in [3.8, 4) is 21.7 Å². The molecule has 3 aromatic carbocycles. The van der Waals surface area contributed by atoms with Gasteiger partial charge in [0.1, 0.15) is 5.01 Å². The number of ether oxygens (including phenoxy) is 2. The van der Waals surface area contributed by atoms with Gasteiger partial charge in [-0.2, -0.15) is 5.10 Å². The predicted octanol–water partition coefficient (Wildman–Crippen LogP) is 8.31. The average Bonchev–Trinajstić information content (AvgIpc) is 3.63. The molecule has 2 saturated heterocycles. The molecule has 1 atom stereocenters. The van der Waals surface area contributed by atoms with E-state index in [1.54, 1.807) is 18.3 Å². The molecule has 2 fully saturated rings. The van der Waals surface area contributed by atoms with E-state index in [9.17, 15) is 9.59 Å². The van der Waals surface area contributed by atoms with Crippen LogP contribution in [0.4, 0.5) is 0 Å². The van der Waals surface area contributed by atoms with Crippen molar-refractivity contribution in [2.75, 3.05) is 32.8 Å². The van der Waals surface area contributed by atoms with Crippen LogP contribution in [0.25, 0.3) is 42.8 Å². The highest BCUT2D eigenvalue weighted by molar-refractivity contribution is 7.22. The monoisotopic (exact) mass is 727 g/mol. The number of carbonyl (C=O) groups excluding carboxylic acids is 2. The minimum Gasteiger partial charge on any atom is -0.464 e. The van der Waals surface area contributed by atoms with Crippen molar-refractivity contribution < 1.29 is 19.1 Å². The van der Waals surface area contributed by atoms with E-state index in [0.29, 0.717) is 17.0 Å². The number of nitrogens with zero attached hydrogens (tertiary/aromatic N) is 5. The van der Waals surface area contributed by atoms with Gasteiger partial charge in [-0.25, -0.2) is 9.78 Å². The summed E-state index contributed by atoms with van der Waals surface area (Å²) in [4.78, 5) is 34.9. The summed E-state index contributed by atoms with van der Waals surface area (Å²) in [5.41, 5.74) is 7.05. The summed E-state index contributed by atoms with van der Waals surface area (Å²) >= 11 is 7.96. The molecule has 2 aliphatic heterocycles. The van der Waals surface area contributed by atoms with Gasteiger partial charge in [0, 0.05) is 66.1 Å². The lowest BCUT2D eigenvalue weighted by atomic mass is 9.90. The van der Waals surface area contributed by atoms with Crippen molar-refractivity contribution in [1.29, 1.82) is 0 Å². The lowest BCUT2D eigenvalue weighted by Gasteiger charge is -2.47. The Bertz CT molecular complexity index is 2100. The van der Waals surface area contributed by atoms with E-state index >= 15 is 0 Å². The summed E-state index contributed by atoms with van der Waals surface area (Å²) in [6.45, 7) is 15.3. The Kier molecular flexibility index (Phi) is 9.73. The number of thiazole rings is 1. The lowest BCUT2D eigenvalue weighted by molar-refractivity contribution is -0.166. The molecule has 2 aromatic heterocycles. The van der Waals surface area contributed by atoms with Crippen LogP contribution in [0.5, 0.6) is 0 Å². The fourth-order valence-electron chi connectivity index (χ4n) is 7.58. The number of likely N-dealkylation sites (tertiary alicyclic amines) is 2. The van der Waals surface area contributed by atoms with E-state index < -0.39 is 17.7 Å². The highest BCUT2D eigenvalue weighted by atomic mass is 35.5. The van der Waals surface area contributed by atoms with E-state index in [2.05, 4.69) is 29.2 Å². The summed E-state index contributed by atoms with van der Waals surface area (Å²) in [5, 5.41) is 7.75. The number of aryl methyl sites for hydroxylation is 2. The van der Waals surface area contributed by atoms with Crippen LogP contribution in [0.3, 0.4) is 0 Å². The third kappa shape index (κ3) is 7.03. The number of rotatable bonds is 8. The fraction of sp³-hybridized carbons (Fsp3) is 0.450. The Hall–Kier alpha value is -3.83. The highest BCUT2D eigenvalue weighted by Gasteiger charge is 2.37. The van der Waals surface area contributed by atoms with E-state index in [-0.39, 0.29) is 12.5 Å². The predicted molar refractivity (Wildman–Crippen MR) is 204 cm³/mol. The Morgan fingerprint density at radius 3 is 2.37 bits per heavy atom. The molecule has 5 aromatic rings. The van der Waals surface area contributed by atoms with Gasteiger partial charge in [-0.15, -0.1) is 11.3 Å². The van der Waals surface area contributed by atoms with E-state index in [1.165, 1.54) is 0 Å². The van der Waals surface area contributed by atoms with Gasteiger partial charge in [-0.1, -0.05) is 23.7 Å². The number of halogens is 1. The number of amides is 1. The Morgan fingerprint density at radius 2 is 1.73 bits per heavy atom. The van der Waals surface area contributed by atoms with E-state index in [0.717, 1.165) is 98.7 Å². The second-order valence-corrected chi connectivity index (χ2v) is 16.3. The van der Waals surface area contributed by atoms with E-state index in [1.807, 2.05) is 75.5 Å². The van der Waals surface area contributed by atoms with Crippen LogP contribution in [-0.2, 0) is 26.1 Å². The number of fused-ring (bicyclic) bond motifs is 2. The van der Waals surface area contributed by atoms with Crippen LogP contribution >= 0.6 is 22.9 Å². The number of hydrogen-bond acceptors (Lipinski definition) is 8. The maximum absolute atomic E-state index is 13.6. The maximum atomic E-state index is 13.6. The smallest absolute Gasteiger partial charge is 0.339 e. The zero-order valence-electron chi connectivity index (χ0n) is 30.5. The van der Waals surface area contributed by atoms with Crippen molar-refractivity contribution in [3.05, 3.63) is 70.4 Å². The molecule has 0 saturated carbocycles.